The summed E-state index contributed by atoms with van der Waals surface area (Å²) in [6, 6.07) is 6.75. The lowest BCUT2D eigenvalue weighted by atomic mass is 10.0. The van der Waals surface area contributed by atoms with Crippen molar-refractivity contribution in [2.24, 2.45) is 11.8 Å². The molecule has 2 atom stereocenters. The third-order valence-corrected chi connectivity index (χ3v) is 5.57. The summed E-state index contributed by atoms with van der Waals surface area (Å²) in [6.45, 7) is 6.66. The van der Waals surface area contributed by atoms with E-state index in [0.29, 0.717) is 11.6 Å². The summed E-state index contributed by atoms with van der Waals surface area (Å²) in [5, 5.41) is 9.24. The molecule has 1 saturated carbocycles. The molecule has 0 spiro atoms. The molecule has 3 aliphatic rings. The molecular weight excluding hydrogens is 260 g/mol. The summed E-state index contributed by atoms with van der Waals surface area (Å²) in [7, 11) is 0. The fraction of sp³-hybridized carbons (Fsp3) is 0.647. The Kier molecular flexibility index (Phi) is 3.11. The van der Waals surface area contributed by atoms with Crippen LogP contribution in [0.15, 0.2) is 12.1 Å². The van der Waals surface area contributed by atoms with Crippen LogP contribution in [0.3, 0.4) is 0 Å². The normalized spacial score (nSPS) is 29.2. The van der Waals surface area contributed by atoms with E-state index >= 15 is 0 Å². The largest absolute Gasteiger partial charge is 0.352 e. The van der Waals surface area contributed by atoms with Gasteiger partial charge in [-0.1, -0.05) is 6.42 Å². The summed E-state index contributed by atoms with van der Waals surface area (Å²) < 4.78 is 0. The monoisotopic (exact) mass is 282 g/mol. The van der Waals surface area contributed by atoms with Crippen molar-refractivity contribution in [3.63, 3.8) is 0 Å². The average Bonchev–Trinajstić information content (AvgIpc) is 2.98. The quantitative estimate of drug-likeness (QED) is 0.834. The van der Waals surface area contributed by atoms with Crippen molar-refractivity contribution < 1.29 is 0 Å². The van der Waals surface area contributed by atoms with Crippen LogP contribution in [0.1, 0.15) is 30.5 Å². The first-order chi connectivity index (χ1) is 10.2. The number of fused-ring (bicyclic) bond motifs is 1. The van der Waals surface area contributed by atoms with Crippen LogP contribution in [0.4, 0.5) is 5.82 Å². The molecule has 4 rings (SSSR count). The number of nitriles is 1. The predicted octanol–water partition coefficient (Wildman–Crippen LogP) is 2.18. The molecule has 3 heterocycles. The number of aryl methyl sites for hydroxylation is 1. The van der Waals surface area contributed by atoms with Crippen LogP contribution < -0.4 is 4.90 Å². The second-order valence-electron chi connectivity index (χ2n) is 6.90. The standard InChI is InChI=1S/C17H22N4/c1-12-5-6-13(7-18)17(19-12)21-10-16(11-21)20-8-14-3-2-4-15(14)9-20/h5-6,14-16H,2-4,8-11H2,1H3. The van der Waals surface area contributed by atoms with Gasteiger partial charge in [-0.3, -0.25) is 4.90 Å². The van der Waals surface area contributed by atoms with E-state index in [4.69, 9.17) is 0 Å². The van der Waals surface area contributed by atoms with Gasteiger partial charge in [0.2, 0.25) is 0 Å². The van der Waals surface area contributed by atoms with Crippen LogP contribution in [0.5, 0.6) is 0 Å². The smallest absolute Gasteiger partial charge is 0.146 e. The topological polar surface area (TPSA) is 43.2 Å². The van der Waals surface area contributed by atoms with E-state index in [9.17, 15) is 5.26 Å². The Morgan fingerprint density at radius 3 is 2.52 bits per heavy atom. The van der Waals surface area contributed by atoms with E-state index in [0.717, 1.165) is 36.4 Å². The zero-order valence-corrected chi connectivity index (χ0v) is 12.6. The Morgan fingerprint density at radius 2 is 1.86 bits per heavy atom. The molecule has 4 heteroatoms. The molecule has 2 aliphatic heterocycles. The van der Waals surface area contributed by atoms with Gasteiger partial charge in [-0.15, -0.1) is 0 Å². The fourth-order valence-corrected chi connectivity index (χ4v) is 4.30. The van der Waals surface area contributed by atoms with E-state index in [1.807, 2.05) is 19.1 Å². The highest BCUT2D eigenvalue weighted by Gasteiger charge is 2.42. The Balaban J connectivity index is 1.42. The fourth-order valence-electron chi connectivity index (χ4n) is 4.30. The summed E-state index contributed by atoms with van der Waals surface area (Å²) in [6.07, 6.45) is 4.32. The second-order valence-corrected chi connectivity index (χ2v) is 6.90. The lowest BCUT2D eigenvalue weighted by Crippen LogP contribution is -2.59. The maximum absolute atomic E-state index is 9.24. The van der Waals surface area contributed by atoms with Gasteiger partial charge in [-0.05, 0) is 43.7 Å². The van der Waals surface area contributed by atoms with Crippen molar-refractivity contribution >= 4 is 5.82 Å². The number of aromatic nitrogens is 1. The highest BCUT2D eigenvalue weighted by Crippen LogP contribution is 2.39. The lowest BCUT2D eigenvalue weighted by molar-refractivity contribution is 0.190. The van der Waals surface area contributed by atoms with Crippen LogP contribution in [-0.4, -0.2) is 42.1 Å². The van der Waals surface area contributed by atoms with Crippen molar-refractivity contribution in [2.45, 2.75) is 32.2 Å². The zero-order chi connectivity index (χ0) is 14.4. The molecule has 1 aromatic rings. The van der Waals surface area contributed by atoms with Gasteiger partial charge in [-0.25, -0.2) is 4.98 Å². The molecule has 0 amide bonds. The van der Waals surface area contributed by atoms with Gasteiger partial charge in [0, 0.05) is 37.9 Å². The molecule has 21 heavy (non-hydrogen) atoms. The molecule has 1 aliphatic carbocycles. The van der Waals surface area contributed by atoms with Crippen molar-refractivity contribution in [3.05, 3.63) is 23.4 Å². The summed E-state index contributed by atoms with van der Waals surface area (Å²) in [4.78, 5) is 9.52. The first-order valence-electron chi connectivity index (χ1n) is 8.11. The molecule has 0 radical (unpaired) electrons. The van der Waals surface area contributed by atoms with Crippen molar-refractivity contribution in [2.75, 3.05) is 31.1 Å². The number of pyridine rings is 1. The number of anilines is 1. The van der Waals surface area contributed by atoms with Gasteiger partial charge in [-0.2, -0.15) is 5.26 Å². The van der Waals surface area contributed by atoms with E-state index in [1.54, 1.807) is 0 Å². The maximum atomic E-state index is 9.24. The minimum absolute atomic E-state index is 0.671. The highest BCUT2D eigenvalue weighted by molar-refractivity contribution is 5.56. The Morgan fingerprint density at radius 1 is 1.14 bits per heavy atom. The van der Waals surface area contributed by atoms with E-state index in [2.05, 4.69) is 20.9 Å². The molecule has 2 unspecified atom stereocenters. The maximum Gasteiger partial charge on any atom is 0.146 e. The summed E-state index contributed by atoms with van der Waals surface area (Å²) in [5.41, 5.74) is 1.69. The zero-order valence-electron chi connectivity index (χ0n) is 12.6. The first kappa shape index (κ1) is 13.1. The number of likely N-dealkylation sites (tertiary alicyclic amines) is 1. The number of hydrogen-bond donors (Lipinski definition) is 0. The third kappa shape index (κ3) is 2.20. The molecule has 2 saturated heterocycles. The number of rotatable bonds is 2. The third-order valence-electron chi connectivity index (χ3n) is 5.57. The molecule has 3 fully saturated rings. The Hall–Kier alpha value is -1.60. The SMILES string of the molecule is Cc1ccc(C#N)c(N2CC(N3CC4CCCC4C3)C2)n1. The van der Waals surface area contributed by atoms with Gasteiger partial charge in [0.05, 0.1) is 5.56 Å². The first-order valence-corrected chi connectivity index (χ1v) is 8.11. The van der Waals surface area contributed by atoms with Crippen LogP contribution >= 0.6 is 0 Å². The molecule has 1 aromatic heterocycles. The molecule has 110 valence electrons. The number of hydrogen-bond acceptors (Lipinski definition) is 4. The van der Waals surface area contributed by atoms with E-state index in [1.165, 1.54) is 32.4 Å². The molecule has 0 aromatic carbocycles. The van der Waals surface area contributed by atoms with E-state index < -0.39 is 0 Å². The van der Waals surface area contributed by atoms with Gasteiger partial charge >= 0.3 is 0 Å². The summed E-state index contributed by atoms with van der Waals surface area (Å²) in [5.74, 6) is 2.81. The minimum Gasteiger partial charge on any atom is -0.352 e. The van der Waals surface area contributed by atoms with Crippen molar-refractivity contribution in [3.8, 4) is 6.07 Å². The van der Waals surface area contributed by atoms with E-state index in [-0.39, 0.29) is 0 Å². The van der Waals surface area contributed by atoms with Gasteiger partial charge in [0.25, 0.3) is 0 Å². The summed E-state index contributed by atoms with van der Waals surface area (Å²) >= 11 is 0. The highest BCUT2D eigenvalue weighted by atomic mass is 15.3. The molecule has 0 N–H and O–H groups in total. The van der Waals surface area contributed by atoms with Crippen LogP contribution in [-0.2, 0) is 0 Å². The Labute approximate surface area is 126 Å². The van der Waals surface area contributed by atoms with Crippen LogP contribution in [0.2, 0.25) is 0 Å². The van der Waals surface area contributed by atoms with Crippen molar-refractivity contribution in [1.29, 1.82) is 5.26 Å². The molecule has 0 bridgehead atoms. The molecular formula is C17H22N4. The van der Waals surface area contributed by atoms with Crippen LogP contribution in [0, 0.1) is 30.1 Å². The second kappa shape index (κ2) is 4.99. The Bertz CT molecular complexity index is 573. The lowest BCUT2D eigenvalue weighted by Gasteiger charge is -2.45. The average molecular weight is 282 g/mol. The minimum atomic E-state index is 0.671. The molecule has 4 nitrogen and oxygen atoms in total. The van der Waals surface area contributed by atoms with Crippen molar-refractivity contribution in [1.82, 2.24) is 9.88 Å². The van der Waals surface area contributed by atoms with Gasteiger partial charge in [0.15, 0.2) is 0 Å². The van der Waals surface area contributed by atoms with Gasteiger partial charge in [0.1, 0.15) is 11.9 Å². The van der Waals surface area contributed by atoms with Gasteiger partial charge < -0.3 is 4.90 Å². The van der Waals surface area contributed by atoms with Crippen LogP contribution in [0.25, 0.3) is 0 Å². The number of nitrogens with zero attached hydrogens (tertiary/aromatic N) is 4. The predicted molar refractivity (Wildman–Crippen MR) is 82.1 cm³/mol.